The number of nitrogens with zero attached hydrogens (tertiary/aromatic N) is 3. The van der Waals surface area contributed by atoms with E-state index in [-0.39, 0.29) is 24.5 Å². The van der Waals surface area contributed by atoms with E-state index in [9.17, 15) is 24.5 Å². The summed E-state index contributed by atoms with van der Waals surface area (Å²) in [6.45, 7) is 2.41. The average Bonchev–Trinajstić information content (AvgIpc) is 2.50. The SMILES string of the molecule is CCN1CCN(C(=O)Oc2ccc([N+](=O)[O-])cc2)C(=O)C1=O. The number of carbonyl (C=O) groups is 3. The van der Waals surface area contributed by atoms with Crippen molar-refractivity contribution in [3.05, 3.63) is 34.4 Å². The van der Waals surface area contributed by atoms with E-state index >= 15 is 0 Å². The van der Waals surface area contributed by atoms with Gasteiger partial charge in [0.05, 0.1) is 11.5 Å². The number of imide groups is 1. The fraction of sp³-hybridized carbons (Fsp3) is 0.308. The Bertz CT molecular complexity index is 627. The number of amides is 3. The van der Waals surface area contributed by atoms with Crippen LogP contribution in [0, 0.1) is 10.1 Å². The molecule has 116 valence electrons. The van der Waals surface area contributed by atoms with Gasteiger partial charge < -0.3 is 9.64 Å². The summed E-state index contributed by atoms with van der Waals surface area (Å²) in [5, 5.41) is 10.5. The van der Waals surface area contributed by atoms with E-state index in [1.165, 1.54) is 29.2 Å². The van der Waals surface area contributed by atoms with Gasteiger partial charge in [0.2, 0.25) is 0 Å². The van der Waals surface area contributed by atoms with Crippen molar-refractivity contribution in [3.63, 3.8) is 0 Å². The molecule has 0 radical (unpaired) electrons. The summed E-state index contributed by atoms with van der Waals surface area (Å²) in [5.74, 6) is -1.65. The van der Waals surface area contributed by atoms with E-state index in [1.807, 2.05) is 0 Å². The minimum Gasteiger partial charge on any atom is -0.410 e. The molecule has 1 aliphatic rings. The summed E-state index contributed by atoms with van der Waals surface area (Å²) in [4.78, 5) is 47.4. The Morgan fingerprint density at radius 3 is 2.41 bits per heavy atom. The third-order valence-electron chi connectivity index (χ3n) is 3.16. The van der Waals surface area contributed by atoms with Crippen LogP contribution >= 0.6 is 0 Å². The predicted molar refractivity (Wildman–Crippen MR) is 73.1 cm³/mol. The molecule has 9 heteroatoms. The van der Waals surface area contributed by atoms with Crippen LogP contribution in [0.3, 0.4) is 0 Å². The number of hydrogen-bond donors (Lipinski definition) is 0. The lowest BCUT2D eigenvalue weighted by atomic mass is 10.3. The van der Waals surface area contributed by atoms with Gasteiger partial charge in [0.15, 0.2) is 0 Å². The van der Waals surface area contributed by atoms with E-state index in [1.54, 1.807) is 6.92 Å². The minimum absolute atomic E-state index is 0.0459. The third-order valence-corrected chi connectivity index (χ3v) is 3.16. The maximum Gasteiger partial charge on any atom is 0.422 e. The molecule has 0 bridgehead atoms. The molecule has 9 nitrogen and oxygen atoms in total. The maximum atomic E-state index is 11.9. The molecule has 1 aliphatic heterocycles. The zero-order chi connectivity index (χ0) is 16.3. The lowest BCUT2D eigenvalue weighted by Crippen LogP contribution is -2.56. The number of rotatable bonds is 3. The van der Waals surface area contributed by atoms with Crippen LogP contribution in [-0.2, 0) is 9.59 Å². The summed E-state index contributed by atoms with van der Waals surface area (Å²) in [6, 6.07) is 4.82. The van der Waals surface area contributed by atoms with E-state index in [4.69, 9.17) is 4.74 Å². The Morgan fingerprint density at radius 1 is 1.23 bits per heavy atom. The quantitative estimate of drug-likeness (QED) is 0.463. The zero-order valence-electron chi connectivity index (χ0n) is 11.7. The van der Waals surface area contributed by atoms with Crippen molar-refractivity contribution in [2.45, 2.75) is 6.92 Å². The average molecular weight is 307 g/mol. The van der Waals surface area contributed by atoms with Gasteiger partial charge in [0, 0.05) is 25.2 Å². The molecule has 1 heterocycles. The first-order valence-electron chi connectivity index (χ1n) is 6.51. The molecule has 0 unspecified atom stereocenters. The Labute approximate surface area is 125 Å². The second kappa shape index (κ2) is 6.20. The van der Waals surface area contributed by atoms with Gasteiger partial charge in [-0.05, 0) is 19.1 Å². The van der Waals surface area contributed by atoms with Crippen molar-refractivity contribution in [2.75, 3.05) is 19.6 Å². The molecule has 0 spiro atoms. The molecule has 1 fully saturated rings. The van der Waals surface area contributed by atoms with Gasteiger partial charge in [-0.3, -0.25) is 19.7 Å². The van der Waals surface area contributed by atoms with Gasteiger partial charge >= 0.3 is 17.9 Å². The molecule has 0 aromatic heterocycles. The molecule has 2 rings (SSSR count). The third kappa shape index (κ3) is 3.03. The lowest BCUT2D eigenvalue weighted by molar-refractivity contribution is -0.384. The normalized spacial score (nSPS) is 15.0. The number of non-ortho nitro benzene ring substituents is 1. The molecule has 1 aromatic rings. The number of benzene rings is 1. The number of piperazine rings is 1. The van der Waals surface area contributed by atoms with Crippen LogP contribution in [0.2, 0.25) is 0 Å². The van der Waals surface area contributed by atoms with Crippen LogP contribution in [0.25, 0.3) is 0 Å². The molecular formula is C13H13N3O6. The van der Waals surface area contributed by atoms with E-state index < -0.39 is 22.8 Å². The van der Waals surface area contributed by atoms with Crippen LogP contribution in [0.15, 0.2) is 24.3 Å². The highest BCUT2D eigenvalue weighted by Gasteiger charge is 2.36. The lowest BCUT2D eigenvalue weighted by Gasteiger charge is -2.30. The smallest absolute Gasteiger partial charge is 0.410 e. The molecule has 0 atom stereocenters. The minimum atomic E-state index is -0.983. The monoisotopic (exact) mass is 307 g/mol. The number of nitro groups is 1. The van der Waals surface area contributed by atoms with Crippen molar-refractivity contribution >= 4 is 23.6 Å². The first-order chi connectivity index (χ1) is 10.4. The second-order valence-corrected chi connectivity index (χ2v) is 4.46. The van der Waals surface area contributed by atoms with Gasteiger partial charge in [-0.25, -0.2) is 9.69 Å². The highest BCUT2D eigenvalue weighted by molar-refractivity contribution is 6.37. The first-order valence-corrected chi connectivity index (χ1v) is 6.51. The summed E-state index contributed by atoms with van der Waals surface area (Å²) < 4.78 is 4.95. The fourth-order valence-electron chi connectivity index (χ4n) is 1.94. The summed E-state index contributed by atoms with van der Waals surface area (Å²) in [6.07, 6.45) is -0.983. The van der Waals surface area contributed by atoms with Crippen molar-refractivity contribution in [1.29, 1.82) is 0 Å². The van der Waals surface area contributed by atoms with Crippen molar-refractivity contribution < 1.29 is 24.0 Å². The molecule has 22 heavy (non-hydrogen) atoms. The van der Waals surface area contributed by atoms with Crippen LogP contribution in [-0.4, -0.2) is 52.3 Å². The molecule has 1 aromatic carbocycles. The van der Waals surface area contributed by atoms with Gasteiger partial charge in [-0.1, -0.05) is 0 Å². The molecule has 3 amide bonds. The van der Waals surface area contributed by atoms with E-state index in [2.05, 4.69) is 0 Å². The Kier molecular flexibility index (Phi) is 4.35. The Morgan fingerprint density at radius 2 is 1.86 bits per heavy atom. The number of nitro benzene ring substituents is 1. The zero-order valence-corrected chi connectivity index (χ0v) is 11.7. The molecular weight excluding hydrogens is 294 g/mol. The van der Waals surface area contributed by atoms with Crippen LogP contribution in [0.4, 0.5) is 10.5 Å². The number of hydrogen-bond acceptors (Lipinski definition) is 6. The molecule has 0 saturated carbocycles. The first kappa shape index (κ1) is 15.4. The standard InChI is InChI=1S/C13H13N3O6/c1-2-14-7-8-15(12(18)11(14)17)13(19)22-10-5-3-9(4-6-10)16(20)21/h3-6H,2,7-8H2,1H3. The fourth-order valence-corrected chi connectivity index (χ4v) is 1.94. The van der Waals surface area contributed by atoms with Gasteiger partial charge in [-0.2, -0.15) is 0 Å². The Balaban J connectivity index is 2.04. The largest absolute Gasteiger partial charge is 0.422 e. The van der Waals surface area contributed by atoms with Crippen molar-refractivity contribution in [2.24, 2.45) is 0 Å². The number of carbonyl (C=O) groups excluding carboxylic acids is 3. The summed E-state index contributed by atoms with van der Waals surface area (Å²) in [7, 11) is 0. The maximum absolute atomic E-state index is 11.9. The summed E-state index contributed by atoms with van der Waals surface area (Å²) >= 11 is 0. The highest BCUT2D eigenvalue weighted by Crippen LogP contribution is 2.18. The van der Waals surface area contributed by atoms with Crippen LogP contribution < -0.4 is 4.74 Å². The molecule has 0 N–H and O–H groups in total. The topological polar surface area (TPSA) is 110 Å². The van der Waals surface area contributed by atoms with E-state index in [0.29, 0.717) is 6.54 Å². The molecule has 0 aliphatic carbocycles. The van der Waals surface area contributed by atoms with Gasteiger partial charge in [0.25, 0.3) is 5.69 Å². The predicted octanol–water partition coefficient (Wildman–Crippen LogP) is 0.784. The highest BCUT2D eigenvalue weighted by atomic mass is 16.6. The van der Waals surface area contributed by atoms with Crippen LogP contribution in [0.1, 0.15) is 6.92 Å². The van der Waals surface area contributed by atoms with E-state index in [0.717, 1.165) is 4.90 Å². The second-order valence-electron chi connectivity index (χ2n) is 4.46. The molecule has 1 saturated heterocycles. The van der Waals surface area contributed by atoms with Gasteiger partial charge in [-0.15, -0.1) is 0 Å². The van der Waals surface area contributed by atoms with Crippen molar-refractivity contribution in [1.82, 2.24) is 9.80 Å². The van der Waals surface area contributed by atoms with Crippen molar-refractivity contribution in [3.8, 4) is 5.75 Å². The number of likely N-dealkylation sites (N-methyl/N-ethyl adjacent to an activating group) is 1. The Hall–Kier alpha value is -2.97. The number of ether oxygens (including phenoxy) is 1. The van der Waals surface area contributed by atoms with Gasteiger partial charge in [0.1, 0.15) is 5.75 Å². The summed E-state index contributed by atoms with van der Waals surface area (Å²) in [5.41, 5.74) is -0.150. The van der Waals surface area contributed by atoms with Crippen LogP contribution in [0.5, 0.6) is 5.75 Å².